The van der Waals surface area contributed by atoms with Crippen molar-refractivity contribution in [2.24, 2.45) is 5.73 Å². The SMILES string of the molecule is NC1CC(Nc2cccc(F)n2)c2ccccc21. The lowest BCUT2D eigenvalue weighted by Crippen LogP contribution is -2.11. The molecule has 0 spiro atoms. The van der Waals surface area contributed by atoms with Crippen LogP contribution in [0, 0.1) is 5.95 Å². The first-order valence-electron chi connectivity index (χ1n) is 5.97. The molecule has 0 fully saturated rings. The zero-order valence-corrected chi connectivity index (χ0v) is 9.81. The van der Waals surface area contributed by atoms with E-state index < -0.39 is 5.95 Å². The Bertz CT molecular complexity index is 570. The van der Waals surface area contributed by atoms with Crippen LogP contribution in [0.4, 0.5) is 10.2 Å². The van der Waals surface area contributed by atoms with E-state index in [0.29, 0.717) is 5.82 Å². The summed E-state index contributed by atoms with van der Waals surface area (Å²) in [7, 11) is 0. The molecule has 1 aliphatic rings. The predicted octanol–water partition coefficient (Wildman–Crippen LogP) is 2.78. The average molecular weight is 243 g/mol. The first-order chi connectivity index (χ1) is 8.74. The van der Waals surface area contributed by atoms with Gasteiger partial charge in [0.05, 0.1) is 6.04 Å². The fourth-order valence-electron chi connectivity index (χ4n) is 2.48. The third-order valence-corrected chi connectivity index (χ3v) is 3.30. The summed E-state index contributed by atoms with van der Waals surface area (Å²) < 4.78 is 13.0. The number of nitrogens with zero attached hydrogens (tertiary/aromatic N) is 1. The zero-order valence-electron chi connectivity index (χ0n) is 9.81. The molecule has 2 aromatic rings. The first-order valence-corrected chi connectivity index (χ1v) is 5.97. The second-order valence-electron chi connectivity index (χ2n) is 4.51. The van der Waals surface area contributed by atoms with Gasteiger partial charge in [-0.3, -0.25) is 0 Å². The maximum Gasteiger partial charge on any atom is 0.214 e. The Morgan fingerprint density at radius 2 is 1.89 bits per heavy atom. The van der Waals surface area contributed by atoms with Crippen molar-refractivity contribution in [1.82, 2.24) is 4.98 Å². The molecule has 0 bridgehead atoms. The van der Waals surface area contributed by atoms with Gasteiger partial charge in [0.15, 0.2) is 0 Å². The first kappa shape index (κ1) is 11.2. The maximum atomic E-state index is 13.0. The molecule has 2 atom stereocenters. The van der Waals surface area contributed by atoms with Crippen LogP contribution in [-0.4, -0.2) is 4.98 Å². The van der Waals surface area contributed by atoms with E-state index in [1.807, 2.05) is 18.2 Å². The summed E-state index contributed by atoms with van der Waals surface area (Å²) >= 11 is 0. The van der Waals surface area contributed by atoms with Gasteiger partial charge in [0.2, 0.25) is 5.95 Å². The van der Waals surface area contributed by atoms with Crippen LogP contribution in [0.3, 0.4) is 0 Å². The molecule has 1 aliphatic carbocycles. The van der Waals surface area contributed by atoms with E-state index in [1.54, 1.807) is 12.1 Å². The molecule has 0 saturated carbocycles. The zero-order chi connectivity index (χ0) is 12.5. The quantitative estimate of drug-likeness (QED) is 0.797. The van der Waals surface area contributed by atoms with Crippen molar-refractivity contribution in [2.45, 2.75) is 18.5 Å². The third kappa shape index (κ3) is 1.95. The van der Waals surface area contributed by atoms with Crippen LogP contribution in [0.15, 0.2) is 42.5 Å². The molecule has 18 heavy (non-hydrogen) atoms. The molecule has 3 rings (SSSR count). The van der Waals surface area contributed by atoms with Crippen molar-refractivity contribution in [3.05, 3.63) is 59.5 Å². The lowest BCUT2D eigenvalue weighted by atomic mass is 10.1. The summed E-state index contributed by atoms with van der Waals surface area (Å²) in [5.41, 5.74) is 8.42. The normalized spacial score (nSPS) is 21.7. The van der Waals surface area contributed by atoms with Crippen molar-refractivity contribution in [3.8, 4) is 0 Å². The van der Waals surface area contributed by atoms with E-state index in [1.165, 1.54) is 11.6 Å². The van der Waals surface area contributed by atoms with Crippen LogP contribution in [0.5, 0.6) is 0 Å². The van der Waals surface area contributed by atoms with E-state index in [9.17, 15) is 4.39 Å². The molecule has 0 radical (unpaired) electrons. The van der Waals surface area contributed by atoms with Gasteiger partial charge in [0.25, 0.3) is 0 Å². The van der Waals surface area contributed by atoms with E-state index in [0.717, 1.165) is 12.0 Å². The number of halogens is 1. The van der Waals surface area contributed by atoms with E-state index in [-0.39, 0.29) is 12.1 Å². The Balaban J connectivity index is 1.87. The Morgan fingerprint density at radius 3 is 2.67 bits per heavy atom. The van der Waals surface area contributed by atoms with E-state index in [2.05, 4.69) is 16.4 Å². The molecular weight excluding hydrogens is 229 g/mol. The molecule has 1 aromatic carbocycles. The third-order valence-electron chi connectivity index (χ3n) is 3.30. The van der Waals surface area contributed by atoms with Gasteiger partial charge in [-0.25, -0.2) is 4.98 Å². The molecule has 0 saturated heterocycles. The van der Waals surface area contributed by atoms with Crippen LogP contribution in [0.1, 0.15) is 29.6 Å². The number of fused-ring (bicyclic) bond motifs is 1. The number of rotatable bonds is 2. The standard InChI is InChI=1S/C14H14FN3/c15-13-6-3-7-14(18-13)17-12-8-11(16)9-4-1-2-5-10(9)12/h1-7,11-12H,8,16H2,(H,17,18). The molecule has 4 heteroatoms. The highest BCUT2D eigenvalue weighted by atomic mass is 19.1. The Kier molecular flexibility index (Phi) is 2.72. The number of pyridine rings is 1. The summed E-state index contributed by atoms with van der Waals surface area (Å²) in [4.78, 5) is 3.82. The minimum atomic E-state index is -0.476. The van der Waals surface area contributed by atoms with Gasteiger partial charge in [-0.2, -0.15) is 4.39 Å². The monoisotopic (exact) mass is 243 g/mol. The largest absolute Gasteiger partial charge is 0.363 e. The molecule has 3 nitrogen and oxygen atoms in total. The van der Waals surface area contributed by atoms with Crippen LogP contribution < -0.4 is 11.1 Å². The predicted molar refractivity (Wildman–Crippen MR) is 68.5 cm³/mol. The Labute approximate surface area is 105 Å². The number of benzene rings is 1. The van der Waals surface area contributed by atoms with Gasteiger partial charge in [0.1, 0.15) is 5.82 Å². The van der Waals surface area contributed by atoms with Gasteiger partial charge in [-0.1, -0.05) is 30.3 Å². The number of anilines is 1. The molecule has 92 valence electrons. The minimum absolute atomic E-state index is 0.0345. The second kappa shape index (κ2) is 4.38. The molecule has 2 unspecified atom stereocenters. The van der Waals surface area contributed by atoms with Crippen molar-refractivity contribution in [2.75, 3.05) is 5.32 Å². The van der Waals surface area contributed by atoms with Crippen molar-refractivity contribution in [1.29, 1.82) is 0 Å². The summed E-state index contributed by atoms with van der Waals surface area (Å²) in [5, 5.41) is 3.24. The van der Waals surface area contributed by atoms with Crippen molar-refractivity contribution in [3.63, 3.8) is 0 Å². The van der Waals surface area contributed by atoms with Crippen molar-refractivity contribution >= 4 is 5.82 Å². The number of nitrogens with one attached hydrogen (secondary N) is 1. The number of nitrogens with two attached hydrogens (primary N) is 1. The van der Waals surface area contributed by atoms with Gasteiger partial charge < -0.3 is 11.1 Å². The summed E-state index contributed by atoms with van der Waals surface area (Å²) in [6.07, 6.45) is 0.803. The van der Waals surface area contributed by atoms with Crippen LogP contribution in [0.2, 0.25) is 0 Å². The molecule has 0 amide bonds. The summed E-state index contributed by atoms with van der Waals surface area (Å²) in [6, 6.07) is 12.9. The van der Waals surface area contributed by atoms with Crippen LogP contribution in [0.25, 0.3) is 0 Å². The smallest absolute Gasteiger partial charge is 0.214 e. The Morgan fingerprint density at radius 1 is 1.11 bits per heavy atom. The molecule has 1 aromatic heterocycles. The van der Waals surface area contributed by atoms with Crippen LogP contribution >= 0.6 is 0 Å². The Hall–Kier alpha value is -1.94. The second-order valence-corrected chi connectivity index (χ2v) is 4.51. The van der Waals surface area contributed by atoms with Gasteiger partial charge in [-0.15, -0.1) is 0 Å². The summed E-state index contributed by atoms with van der Waals surface area (Å²) in [5.74, 6) is 0.0690. The minimum Gasteiger partial charge on any atom is -0.363 e. The topological polar surface area (TPSA) is 50.9 Å². The maximum absolute atomic E-state index is 13.0. The average Bonchev–Trinajstić information content (AvgIpc) is 2.67. The number of aromatic nitrogens is 1. The molecule has 1 heterocycles. The van der Waals surface area contributed by atoms with Crippen molar-refractivity contribution < 1.29 is 4.39 Å². The van der Waals surface area contributed by atoms with E-state index in [4.69, 9.17) is 5.73 Å². The number of hydrogen-bond acceptors (Lipinski definition) is 3. The highest BCUT2D eigenvalue weighted by Gasteiger charge is 2.28. The van der Waals surface area contributed by atoms with Crippen LogP contribution in [-0.2, 0) is 0 Å². The molecule has 0 aliphatic heterocycles. The van der Waals surface area contributed by atoms with Gasteiger partial charge >= 0.3 is 0 Å². The highest BCUT2D eigenvalue weighted by molar-refractivity contribution is 5.44. The lowest BCUT2D eigenvalue weighted by Gasteiger charge is -2.14. The molecule has 3 N–H and O–H groups in total. The summed E-state index contributed by atoms with van der Waals surface area (Å²) in [6.45, 7) is 0. The highest BCUT2D eigenvalue weighted by Crippen LogP contribution is 2.38. The lowest BCUT2D eigenvalue weighted by molar-refractivity contribution is 0.582. The fourth-order valence-corrected chi connectivity index (χ4v) is 2.48. The van der Waals surface area contributed by atoms with E-state index >= 15 is 0 Å². The fraction of sp³-hybridized carbons (Fsp3) is 0.214. The van der Waals surface area contributed by atoms with Gasteiger partial charge in [-0.05, 0) is 29.7 Å². The van der Waals surface area contributed by atoms with Gasteiger partial charge in [0, 0.05) is 6.04 Å². The molecular formula is C14H14FN3. The number of hydrogen-bond donors (Lipinski definition) is 2.